The number of para-hydroxylation sites is 1. The van der Waals surface area contributed by atoms with E-state index in [4.69, 9.17) is 16.6 Å². The average Bonchev–Trinajstić information content (AvgIpc) is 3.06. The van der Waals surface area contributed by atoms with Crippen LogP contribution in [0.4, 0.5) is 0 Å². The van der Waals surface area contributed by atoms with E-state index >= 15 is 0 Å². The van der Waals surface area contributed by atoms with Crippen LogP contribution in [0.1, 0.15) is 0 Å². The first-order chi connectivity index (χ1) is 12.8. The first kappa shape index (κ1) is 15.0. The molecule has 124 valence electrons. The molecule has 5 rings (SSSR count). The Morgan fingerprint density at radius 3 is 2.38 bits per heavy atom. The van der Waals surface area contributed by atoms with Crippen LogP contribution in [-0.4, -0.2) is 9.97 Å². The highest BCUT2D eigenvalue weighted by molar-refractivity contribution is 7.71. The summed E-state index contributed by atoms with van der Waals surface area (Å²) < 4.78 is 6.33. The van der Waals surface area contributed by atoms with Crippen molar-refractivity contribution in [3.8, 4) is 22.4 Å². The van der Waals surface area contributed by atoms with Gasteiger partial charge in [-0.3, -0.25) is 0 Å². The Bertz CT molecular complexity index is 1300. The van der Waals surface area contributed by atoms with Gasteiger partial charge >= 0.3 is 0 Å². The quantitative estimate of drug-likeness (QED) is 0.374. The molecule has 0 saturated carbocycles. The molecule has 0 amide bonds. The Morgan fingerprint density at radius 2 is 1.50 bits per heavy atom. The Kier molecular flexibility index (Phi) is 3.43. The molecular weight excluding hydrogens is 340 g/mol. The van der Waals surface area contributed by atoms with E-state index in [1.807, 2.05) is 42.5 Å². The molecule has 1 N–H and O–H groups in total. The van der Waals surface area contributed by atoms with Crippen LogP contribution in [-0.2, 0) is 0 Å². The molecule has 0 saturated heterocycles. The molecule has 0 bridgehead atoms. The molecule has 0 atom stereocenters. The molecular formula is C22H14N2OS. The molecule has 0 aliphatic carbocycles. The molecule has 4 heteroatoms. The highest BCUT2D eigenvalue weighted by Gasteiger charge is 2.14. The van der Waals surface area contributed by atoms with Crippen molar-refractivity contribution in [1.29, 1.82) is 0 Å². The Balaban J connectivity index is 1.81. The molecule has 0 aliphatic rings. The third-order valence-corrected chi connectivity index (χ3v) is 4.71. The van der Waals surface area contributed by atoms with E-state index in [0.29, 0.717) is 10.5 Å². The lowest BCUT2D eigenvalue weighted by molar-refractivity contribution is 0.652. The van der Waals surface area contributed by atoms with Gasteiger partial charge in [-0.25, -0.2) is 0 Å². The van der Waals surface area contributed by atoms with E-state index in [2.05, 4.69) is 46.4 Å². The second-order valence-electron chi connectivity index (χ2n) is 6.14. The first-order valence-corrected chi connectivity index (χ1v) is 8.78. The van der Waals surface area contributed by atoms with Crippen LogP contribution in [0.25, 0.3) is 44.5 Å². The maximum absolute atomic E-state index is 5.91. The normalized spacial score (nSPS) is 11.2. The van der Waals surface area contributed by atoms with Gasteiger partial charge in [0.1, 0.15) is 5.58 Å². The summed E-state index contributed by atoms with van der Waals surface area (Å²) in [6, 6.07) is 26.7. The number of fused-ring (bicyclic) bond motifs is 3. The van der Waals surface area contributed by atoms with Crippen molar-refractivity contribution in [2.75, 3.05) is 0 Å². The number of hydrogen-bond donors (Lipinski definition) is 1. The Morgan fingerprint density at radius 1 is 0.769 bits per heavy atom. The van der Waals surface area contributed by atoms with Crippen LogP contribution in [0.2, 0.25) is 0 Å². The van der Waals surface area contributed by atoms with E-state index < -0.39 is 0 Å². The lowest BCUT2D eigenvalue weighted by Crippen LogP contribution is -1.90. The van der Waals surface area contributed by atoms with Crippen LogP contribution >= 0.6 is 12.2 Å². The largest absolute Gasteiger partial charge is 0.438 e. The summed E-state index contributed by atoms with van der Waals surface area (Å²) >= 11 is 5.33. The van der Waals surface area contributed by atoms with Crippen LogP contribution in [0.3, 0.4) is 0 Å². The first-order valence-electron chi connectivity index (χ1n) is 8.37. The van der Waals surface area contributed by atoms with Crippen molar-refractivity contribution in [3.05, 3.63) is 83.6 Å². The van der Waals surface area contributed by atoms with E-state index in [0.717, 1.165) is 33.2 Å². The fourth-order valence-electron chi connectivity index (χ4n) is 3.34. The highest BCUT2D eigenvalue weighted by Crippen LogP contribution is 2.35. The monoisotopic (exact) mass is 354 g/mol. The lowest BCUT2D eigenvalue weighted by atomic mass is 10.00. The number of benzene rings is 3. The summed E-state index contributed by atoms with van der Waals surface area (Å²) in [6.45, 7) is 0. The smallest absolute Gasteiger partial charge is 0.232 e. The zero-order chi connectivity index (χ0) is 17.5. The minimum Gasteiger partial charge on any atom is -0.438 e. The number of hydrogen-bond acceptors (Lipinski definition) is 3. The molecule has 0 fully saturated rings. The number of aromatic amines is 1. The number of nitrogens with one attached hydrogen (secondary N) is 1. The summed E-state index contributed by atoms with van der Waals surface area (Å²) in [5.41, 5.74) is 5.69. The van der Waals surface area contributed by atoms with Crippen molar-refractivity contribution >= 4 is 34.3 Å². The van der Waals surface area contributed by atoms with Crippen molar-refractivity contribution in [2.24, 2.45) is 0 Å². The molecule has 26 heavy (non-hydrogen) atoms. The van der Waals surface area contributed by atoms with Gasteiger partial charge in [0.05, 0.1) is 11.1 Å². The Hall–Kier alpha value is -3.24. The minimum absolute atomic E-state index is 0.414. The maximum Gasteiger partial charge on any atom is 0.232 e. The van der Waals surface area contributed by atoms with Gasteiger partial charge in [0.15, 0.2) is 0 Å². The molecule has 0 unspecified atom stereocenters. The van der Waals surface area contributed by atoms with Crippen LogP contribution in [0.15, 0.2) is 83.3 Å². The zero-order valence-corrected chi connectivity index (χ0v) is 14.6. The van der Waals surface area contributed by atoms with Gasteiger partial charge < -0.3 is 9.40 Å². The van der Waals surface area contributed by atoms with Crippen molar-refractivity contribution < 1.29 is 4.42 Å². The average molecular weight is 354 g/mol. The third kappa shape index (κ3) is 2.43. The standard InChI is InChI=1S/C22H14N2OS/c26-22-23-20(19-17-11-4-5-12-18(17)25-21(19)24-22)16-10-6-9-15(13-16)14-7-2-1-3-8-14/h1-13H,(H,23,24,26). The summed E-state index contributed by atoms with van der Waals surface area (Å²) in [5, 5.41) is 1.99. The summed E-state index contributed by atoms with van der Waals surface area (Å²) in [7, 11) is 0. The number of nitrogens with zero attached hydrogens (tertiary/aromatic N) is 1. The molecule has 3 aromatic carbocycles. The van der Waals surface area contributed by atoms with E-state index in [1.165, 1.54) is 5.56 Å². The molecule has 2 aromatic heterocycles. The minimum atomic E-state index is 0.414. The predicted molar refractivity (Wildman–Crippen MR) is 108 cm³/mol. The summed E-state index contributed by atoms with van der Waals surface area (Å²) in [5.74, 6) is 0. The SMILES string of the molecule is S=c1nc2oc3ccccc3c2c(-c2cccc(-c3ccccc3)c2)[nH]1. The van der Waals surface area contributed by atoms with Crippen molar-refractivity contribution in [2.45, 2.75) is 0 Å². The second kappa shape index (κ2) is 5.93. The zero-order valence-electron chi connectivity index (χ0n) is 13.8. The van der Waals surface area contributed by atoms with Crippen molar-refractivity contribution in [1.82, 2.24) is 9.97 Å². The maximum atomic E-state index is 5.91. The second-order valence-corrected chi connectivity index (χ2v) is 6.53. The highest BCUT2D eigenvalue weighted by atomic mass is 32.1. The van der Waals surface area contributed by atoms with Gasteiger partial charge in [-0.1, -0.05) is 66.7 Å². The number of H-pyrrole nitrogens is 1. The van der Waals surface area contributed by atoms with Gasteiger partial charge in [-0.05, 0) is 41.0 Å². The van der Waals surface area contributed by atoms with Crippen LogP contribution < -0.4 is 0 Å². The summed E-state index contributed by atoms with van der Waals surface area (Å²) in [4.78, 5) is 7.64. The number of furan rings is 1. The molecule has 0 spiro atoms. The molecule has 2 heterocycles. The topological polar surface area (TPSA) is 41.8 Å². The fraction of sp³-hybridized carbons (Fsp3) is 0. The van der Waals surface area contributed by atoms with Gasteiger partial charge in [0, 0.05) is 5.39 Å². The third-order valence-electron chi connectivity index (χ3n) is 4.52. The molecule has 0 aliphatic heterocycles. The summed E-state index contributed by atoms with van der Waals surface area (Å²) in [6.07, 6.45) is 0. The van der Waals surface area contributed by atoms with Gasteiger partial charge in [0.25, 0.3) is 0 Å². The van der Waals surface area contributed by atoms with Gasteiger partial charge in [-0.2, -0.15) is 4.98 Å². The van der Waals surface area contributed by atoms with Crippen LogP contribution in [0.5, 0.6) is 0 Å². The van der Waals surface area contributed by atoms with Crippen LogP contribution in [0, 0.1) is 4.77 Å². The lowest BCUT2D eigenvalue weighted by Gasteiger charge is -2.07. The molecule has 0 radical (unpaired) electrons. The van der Waals surface area contributed by atoms with E-state index in [1.54, 1.807) is 0 Å². The predicted octanol–water partition coefficient (Wildman–Crippen LogP) is 6.37. The van der Waals surface area contributed by atoms with Gasteiger partial charge in [-0.15, -0.1) is 0 Å². The van der Waals surface area contributed by atoms with Gasteiger partial charge in [0.2, 0.25) is 10.5 Å². The number of aromatic nitrogens is 2. The van der Waals surface area contributed by atoms with E-state index in [9.17, 15) is 0 Å². The Labute approximate surface area is 155 Å². The van der Waals surface area contributed by atoms with Crippen molar-refractivity contribution in [3.63, 3.8) is 0 Å². The molecule has 5 aromatic rings. The van der Waals surface area contributed by atoms with E-state index in [-0.39, 0.29) is 0 Å². The molecule has 3 nitrogen and oxygen atoms in total. The number of rotatable bonds is 2. The fourth-order valence-corrected chi connectivity index (χ4v) is 3.53.